The molecule has 2 N–H and O–H groups in total. The topological polar surface area (TPSA) is 40.5 Å². The van der Waals surface area contributed by atoms with E-state index in [4.69, 9.17) is 5.11 Å². The lowest BCUT2D eigenvalue weighted by Gasteiger charge is -2.02. The highest BCUT2D eigenvalue weighted by Crippen LogP contribution is 2.31. The van der Waals surface area contributed by atoms with Crippen molar-refractivity contribution in [3.63, 3.8) is 0 Å². The highest BCUT2D eigenvalue weighted by molar-refractivity contribution is 5.48. The number of aliphatic hydroxyl groups is 2. The van der Waals surface area contributed by atoms with Crippen LogP contribution in [0.4, 0.5) is 0 Å². The van der Waals surface area contributed by atoms with E-state index in [1.807, 2.05) is 18.2 Å². The van der Waals surface area contributed by atoms with E-state index in [0.29, 0.717) is 6.42 Å². The van der Waals surface area contributed by atoms with Gasteiger partial charge in [-0.15, -0.1) is 0 Å². The molecule has 2 rings (SSSR count). The van der Waals surface area contributed by atoms with E-state index in [2.05, 4.69) is 0 Å². The zero-order valence-electron chi connectivity index (χ0n) is 6.62. The minimum atomic E-state index is 0.0119. The molecule has 0 heterocycles. The first-order valence-electron chi connectivity index (χ1n) is 3.96. The summed E-state index contributed by atoms with van der Waals surface area (Å²) in [5.41, 5.74) is 1.96. The van der Waals surface area contributed by atoms with Crippen LogP contribution in [-0.4, -0.2) is 10.2 Å². The van der Waals surface area contributed by atoms with Gasteiger partial charge in [0.25, 0.3) is 0 Å². The van der Waals surface area contributed by atoms with Gasteiger partial charge in [0.15, 0.2) is 11.5 Å². The number of allylic oxidation sites excluding steroid dienone is 6. The highest BCUT2D eigenvalue weighted by Gasteiger charge is 2.19. The molecular formula is C10H10O2. The largest absolute Gasteiger partial charge is 0.504 e. The van der Waals surface area contributed by atoms with E-state index in [-0.39, 0.29) is 11.5 Å². The van der Waals surface area contributed by atoms with Gasteiger partial charge in [-0.1, -0.05) is 18.2 Å². The lowest BCUT2D eigenvalue weighted by molar-refractivity contribution is 0.328. The van der Waals surface area contributed by atoms with Crippen molar-refractivity contribution in [2.45, 2.75) is 12.8 Å². The minimum absolute atomic E-state index is 0.0119. The van der Waals surface area contributed by atoms with Crippen LogP contribution >= 0.6 is 0 Å². The third-order valence-electron chi connectivity index (χ3n) is 2.19. The first-order chi connectivity index (χ1) is 5.79. The van der Waals surface area contributed by atoms with Gasteiger partial charge in [0.1, 0.15) is 0 Å². The van der Waals surface area contributed by atoms with Gasteiger partial charge >= 0.3 is 0 Å². The molecule has 2 aliphatic carbocycles. The predicted octanol–water partition coefficient (Wildman–Crippen LogP) is 2.53. The van der Waals surface area contributed by atoms with Crippen LogP contribution in [0.1, 0.15) is 12.8 Å². The molecule has 0 atom stereocenters. The van der Waals surface area contributed by atoms with E-state index in [0.717, 1.165) is 17.6 Å². The van der Waals surface area contributed by atoms with E-state index >= 15 is 0 Å². The van der Waals surface area contributed by atoms with Crippen molar-refractivity contribution in [2.75, 3.05) is 0 Å². The molecule has 2 aliphatic rings. The standard InChI is InChI=1S/C10H10O2/c11-9-6-5-8(10(9)12)7-3-1-2-4-7/h1-3,6,11-12H,4-5H2. The van der Waals surface area contributed by atoms with Gasteiger partial charge in [0.05, 0.1) is 0 Å². The maximum absolute atomic E-state index is 9.41. The van der Waals surface area contributed by atoms with Crippen LogP contribution in [0.5, 0.6) is 0 Å². The number of hydrogen-bond acceptors (Lipinski definition) is 2. The molecule has 0 aromatic carbocycles. The van der Waals surface area contributed by atoms with Gasteiger partial charge < -0.3 is 10.2 Å². The molecule has 2 nitrogen and oxygen atoms in total. The van der Waals surface area contributed by atoms with Crippen LogP contribution in [0, 0.1) is 0 Å². The SMILES string of the molecule is OC1=CCC(C2=CC=CC2)=C1O. The van der Waals surface area contributed by atoms with E-state index < -0.39 is 0 Å². The molecule has 0 amide bonds. The molecule has 0 saturated heterocycles. The van der Waals surface area contributed by atoms with Gasteiger partial charge in [0.2, 0.25) is 0 Å². The monoisotopic (exact) mass is 162 g/mol. The predicted molar refractivity (Wildman–Crippen MR) is 46.8 cm³/mol. The Morgan fingerprint density at radius 1 is 1.17 bits per heavy atom. The van der Waals surface area contributed by atoms with Crippen LogP contribution in [0.2, 0.25) is 0 Å². The number of aliphatic hydroxyl groups excluding tert-OH is 2. The summed E-state index contributed by atoms with van der Waals surface area (Å²) >= 11 is 0. The fraction of sp³-hybridized carbons (Fsp3) is 0.200. The maximum atomic E-state index is 9.41. The summed E-state index contributed by atoms with van der Waals surface area (Å²) in [7, 11) is 0. The highest BCUT2D eigenvalue weighted by atomic mass is 16.3. The summed E-state index contributed by atoms with van der Waals surface area (Å²) in [4.78, 5) is 0. The van der Waals surface area contributed by atoms with Gasteiger partial charge in [-0.25, -0.2) is 0 Å². The van der Waals surface area contributed by atoms with Crippen molar-refractivity contribution in [1.82, 2.24) is 0 Å². The first kappa shape index (κ1) is 7.22. The molecule has 2 heteroatoms. The number of hydrogen-bond donors (Lipinski definition) is 2. The summed E-state index contributed by atoms with van der Waals surface area (Å²) < 4.78 is 0. The maximum Gasteiger partial charge on any atom is 0.160 e. The quantitative estimate of drug-likeness (QED) is 0.622. The zero-order valence-corrected chi connectivity index (χ0v) is 6.62. The van der Waals surface area contributed by atoms with Crippen LogP contribution in [-0.2, 0) is 0 Å². The molecule has 62 valence electrons. The fourth-order valence-electron chi connectivity index (χ4n) is 1.50. The molecule has 0 radical (unpaired) electrons. The van der Waals surface area contributed by atoms with Crippen LogP contribution in [0.3, 0.4) is 0 Å². The Bertz CT molecular complexity index is 330. The Kier molecular flexibility index (Phi) is 1.54. The fourth-order valence-corrected chi connectivity index (χ4v) is 1.50. The molecule has 12 heavy (non-hydrogen) atoms. The second-order valence-electron chi connectivity index (χ2n) is 2.94. The Morgan fingerprint density at radius 3 is 2.50 bits per heavy atom. The van der Waals surface area contributed by atoms with Crippen molar-refractivity contribution in [3.05, 3.63) is 47.0 Å². The van der Waals surface area contributed by atoms with Crippen molar-refractivity contribution >= 4 is 0 Å². The van der Waals surface area contributed by atoms with E-state index in [1.165, 1.54) is 0 Å². The second-order valence-corrected chi connectivity index (χ2v) is 2.94. The minimum Gasteiger partial charge on any atom is -0.504 e. The Labute approximate surface area is 70.8 Å². The first-order valence-corrected chi connectivity index (χ1v) is 3.96. The van der Waals surface area contributed by atoms with Gasteiger partial charge in [-0.05, 0) is 24.5 Å². The second kappa shape index (κ2) is 2.55. The normalized spacial score (nSPS) is 21.7. The van der Waals surface area contributed by atoms with E-state index in [9.17, 15) is 5.11 Å². The van der Waals surface area contributed by atoms with Crippen molar-refractivity contribution in [3.8, 4) is 0 Å². The molecule has 0 spiro atoms. The van der Waals surface area contributed by atoms with Gasteiger partial charge in [-0.3, -0.25) is 0 Å². The smallest absolute Gasteiger partial charge is 0.160 e. The van der Waals surface area contributed by atoms with E-state index in [1.54, 1.807) is 6.08 Å². The molecule has 0 unspecified atom stereocenters. The van der Waals surface area contributed by atoms with Crippen LogP contribution in [0.25, 0.3) is 0 Å². The summed E-state index contributed by atoms with van der Waals surface area (Å²) in [5.74, 6) is 0.0581. The summed E-state index contributed by atoms with van der Waals surface area (Å²) in [6, 6.07) is 0. The van der Waals surface area contributed by atoms with Gasteiger partial charge in [0, 0.05) is 5.57 Å². The molecule has 0 fully saturated rings. The van der Waals surface area contributed by atoms with Crippen molar-refractivity contribution in [1.29, 1.82) is 0 Å². The van der Waals surface area contributed by atoms with Crippen molar-refractivity contribution < 1.29 is 10.2 Å². The lowest BCUT2D eigenvalue weighted by atomic mass is 10.0. The molecule has 0 aromatic rings. The Hall–Kier alpha value is -1.44. The molecule has 0 aliphatic heterocycles. The summed E-state index contributed by atoms with van der Waals surface area (Å²) in [5, 5.41) is 18.5. The summed E-state index contributed by atoms with van der Waals surface area (Å²) in [6.07, 6.45) is 9.10. The summed E-state index contributed by atoms with van der Waals surface area (Å²) in [6.45, 7) is 0. The molecule has 0 aromatic heterocycles. The average molecular weight is 162 g/mol. The zero-order chi connectivity index (χ0) is 8.55. The third kappa shape index (κ3) is 0.961. The van der Waals surface area contributed by atoms with Crippen molar-refractivity contribution in [2.24, 2.45) is 0 Å². The molecule has 0 saturated carbocycles. The Balaban J connectivity index is 2.28. The number of rotatable bonds is 1. The van der Waals surface area contributed by atoms with Gasteiger partial charge in [-0.2, -0.15) is 0 Å². The van der Waals surface area contributed by atoms with Crippen LogP contribution < -0.4 is 0 Å². The average Bonchev–Trinajstić information content (AvgIpc) is 2.64. The molecular weight excluding hydrogens is 152 g/mol. The van der Waals surface area contributed by atoms with Crippen LogP contribution in [0.15, 0.2) is 47.0 Å². The Morgan fingerprint density at radius 2 is 2.00 bits per heavy atom. The third-order valence-corrected chi connectivity index (χ3v) is 2.19. The lowest BCUT2D eigenvalue weighted by Crippen LogP contribution is -1.89. The molecule has 0 bridgehead atoms.